The van der Waals surface area contributed by atoms with E-state index >= 15 is 0 Å². The van der Waals surface area contributed by atoms with Gasteiger partial charge in [0.15, 0.2) is 0 Å². The highest BCUT2D eigenvalue weighted by molar-refractivity contribution is 5.98. The van der Waals surface area contributed by atoms with Gasteiger partial charge in [0.25, 0.3) is 0 Å². The van der Waals surface area contributed by atoms with Crippen molar-refractivity contribution in [2.45, 2.75) is 52.2 Å². The Morgan fingerprint density at radius 1 is 1.33 bits per heavy atom. The highest BCUT2D eigenvalue weighted by Gasteiger charge is 2.26. The van der Waals surface area contributed by atoms with Crippen molar-refractivity contribution in [1.82, 2.24) is 0 Å². The summed E-state index contributed by atoms with van der Waals surface area (Å²) < 4.78 is 11.6. The number of rotatable bonds is 10. The molecule has 1 aromatic rings. The Morgan fingerprint density at radius 2 is 2.05 bits per heavy atom. The zero-order chi connectivity index (χ0) is 15.7. The van der Waals surface area contributed by atoms with Gasteiger partial charge in [0.05, 0.1) is 12.2 Å². The maximum Gasteiger partial charge on any atom is 0.146 e. The van der Waals surface area contributed by atoms with Crippen LogP contribution in [-0.4, -0.2) is 22.7 Å². The lowest BCUT2D eigenvalue weighted by molar-refractivity contribution is 0.0372. The van der Waals surface area contributed by atoms with Crippen LogP contribution in [-0.2, 0) is 15.8 Å². The van der Waals surface area contributed by atoms with Crippen LogP contribution < -0.4 is 0 Å². The van der Waals surface area contributed by atoms with Gasteiger partial charge in [-0.2, -0.15) is 0 Å². The first-order valence-electron chi connectivity index (χ1n) is 7.88. The highest BCUT2D eigenvalue weighted by atomic mass is 28.2. The van der Waals surface area contributed by atoms with Crippen molar-refractivity contribution in [3.63, 3.8) is 0 Å². The molecule has 0 saturated heterocycles. The van der Waals surface area contributed by atoms with E-state index in [1.165, 1.54) is 5.56 Å². The smallest absolute Gasteiger partial charge is 0.146 e. The molecule has 0 amide bonds. The summed E-state index contributed by atoms with van der Waals surface area (Å²) in [5.41, 5.74) is 2.38. The summed E-state index contributed by atoms with van der Waals surface area (Å²) in [5, 5.41) is 0. The lowest BCUT2D eigenvalue weighted by atomic mass is 9.85. The van der Waals surface area contributed by atoms with Crippen LogP contribution >= 0.6 is 0 Å². The fourth-order valence-electron chi connectivity index (χ4n) is 2.69. The minimum absolute atomic E-state index is 0.0103. The van der Waals surface area contributed by atoms with Gasteiger partial charge in [-0.1, -0.05) is 50.3 Å². The topological polar surface area (TPSA) is 18.5 Å². The van der Waals surface area contributed by atoms with Gasteiger partial charge < -0.3 is 9.16 Å². The fraction of sp³-hybridized carbons (Fsp3) is 0.556. The van der Waals surface area contributed by atoms with Crippen LogP contribution in [0, 0.1) is 5.92 Å². The van der Waals surface area contributed by atoms with Crippen LogP contribution in [0.25, 0.3) is 6.08 Å². The Hall–Kier alpha value is -0.903. The van der Waals surface area contributed by atoms with E-state index in [2.05, 4.69) is 39.5 Å². The van der Waals surface area contributed by atoms with E-state index in [-0.39, 0.29) is 5.60 Å². The number of hydrogen-bond donors (Lipinski definition) is 0. The Morgan fingerprint density at radius 3 is 2.67 bits per heavy atom. The first kappa shape index (κ1) is 18.1. The molecule has 0 aliphatic carbocycles. The molecule has 0 saturated carbocycles. The third-order valence-corrected chi connectivity index (χ3v) is 5.43. The van der Waals surface area contributed by atoms with E-state index in [4.69, 9.17) is 9.16 Å². The largest absolute Gasteiger partial charge is 0.423 e. The van der Waals surface area contributed by atoms with Gasteiger partial charge in [0.2, 0.25) is 0 Å². The van der Waals surface area contributed by atoms with E-state index < -0.39 is 0 Å². The molecule has 21 heavy (non-hydrogen) atoms. The summed E-state index contributed by atoms with van der Waals surface area (Å²) in [5.74, 6) is 0.610. The van der Waals surface area contributed by atoms with Crippen molar-refractivity contribution in [3.8, 4) is 0 Å². The van der Waals surface area contributed by atoms with Gasteiger partial charge >= 0.3 is 0 Å². The SMILES string of the molecule is C=Cc1ccccc1COCCCC(CC)C(C)(C)O[SiH3]. The van der Waals surface area contributed by atoms with Gasteiger partial charge in [-0.3, -0.25) is 0 Å². The van der Waals surface area contributed by atoms with Crippen molar-refractivity contribution in [2.75, 3.05) is 6.61 Å². The Bertz CT molecular complexity index is 429. The molecular formula is C18H30O2Si. The molecule has 0 aromatic heterocycles. The molecule has 1 unspecified atom stereocenters. The summed E-state index contributed by atoms with van der Waals surface area (Å²) in [4.78, 5) is 0. The molecule has 0 aliphatic rings. The molecule has 0 aliphatic heterocycles. The van der Waals surface area contributed by atoms with Gasteiger partial charge in [-0.15, -0.1) is 0 Å². The van der Waals surface area contributed by atoms with Crippen molar-refractivity contribution in [3.05, 3.63) is 42.0 Å². The second-order valence-corrected chi connectivity index (χ2v) is 6.42. The minimum Gasteiger partial charge on any atom is -0.423 e. The molecule has 0 heterocycles. The average molecular weight is 307 g/mol. The molecule has 2 nitrogen and oxygen atoms in total. The second kappa shape index (κ2) is 9.18. The fourth-order valence-corrected chi connectivity index (χ4v) is 3.02. The quantitative estimate of drug-likeness (QED) is 0.484. The van der Waals surface area contributed by atoms with E-state index in [9.17, 15) is 0 Å². The summed E-state index contributed by atoms with van der Waals surface area (Å²) in [6.45, 7) is 12.0. The van der Waals surface area contributed by atoms with Crippen LogP contribution in [0.2, 0.25) is 0 Å². The molecular weight excluding hydrogens is 276 g/mol. The van der Waals surface area contributed by atoms with E-state index in [0.717, 1.165) is 41.9 Å². The first-order chi connectivity index (χ1) is 10.0. The Labute approximate surface area is 133 Å². The number of benzene rings is 1. The van der Waals surface area contributed by atoms with E-state index in [0.29, 0.717) is 12.5 Å². The van der Waals surface area contributed by atoms with Crippen LogP contribution in [0.4, 0.5) is 0 Å². The molecule has 3 heteroatoms. The van der Waals surface area contributed by atoms with Crippen molar-refractivity contribution in [1.29, 1.82) is 0 Å². The maximum atomic E-state index is 5.82. The lowest BCUT2D eigenvalue weighted by Gasteiger charge is -2.33. The molecule has 0 fully saturated rings. The summed E-state index contributed by atoms with van der Waals surface area (Å²) in [6, 6.07) is 8.25. The molecule has 1 aromatic carbocycles. The van der Waals surface area contributed by atoms with Crippen LogP contribution in [0.1, 0.15) is 51.2 Å². The Balaban J connectivity index is 2.33. The zero-order valence-corrected chi connectivity index (χ0v) is 16.0. The zero-order valence-electron chi connectivity index (χ0n) is 14.0. The third kappa shape index (κ3) is 5.77. The van der Waals surface area contributed by atoms with Crippen LogP contribution in [0.15, 0.2) is 30.8 Å². The van der Waals surface area contributed by atoms with Crippen LogP contribution in [0.5, 0.6) is 0 Å². The van der Waals surface area contributed by atoms with Gasteiger partial charge in [0.1, 0.15) is 10.5 Å². The molecule has 0 radical (unpaired) electrons. The van der Waals surface area contributed by atoms with E-state index in [1.807, 2.05) is 18.2 Å². The normalized spacial score (nSPS) is 13.3. The first-order valence-corrected chi connectivity index (χ1v) is 8.70. The lowest BCUT2D eigenvalue weighted by Crippen LogP contribution is -2.33. The highest BCUT2D eigenvalue weighted by Crippen LogP contribution is 2.27. The molecule has 0 spiro atoms. The van der Waals surface area contributed by atoms with E-state index in [1.54, 1.807) is 0 Å². The number of ether oxygens (including phenoxy) is 1. The molecule has 1 atom stereocenters. The van der Waals surface area contributed by atoms with Gasteiger partial charge in [0, 0.05) is 6.61 Å². The molecule has 118 valence electrons. The standard InChI is InChI=1S/C18H30O2Si/c1-5-15-10-7-8-11-16(15)14-19-13-9-12-17(6-2)18(3,4)20-21/h5,7-8,10-11,17H,1,6,9,12-14H2,2-4,21H3. The van der Waals surface area contributed by atoms with Crippen LogP contribution in [0.3, 0.4) is 0 Å². The predicted molar refractivity (Wildman–Crippen MR) is 94.3 cm³/mol. The second-order valence-electron chi connectivity index (χ2n) is 6.01. The van der Waals surface area contributed by atoms with Crippen molar-refractivity contribution in [2.24, 2.45) is 5.92 Å². The molecule has 0 bridgehead atoms. The Kier molecular flexibility index (Phi) is 7.94. The average Bonchev–Trinajstić information content (AvgIpc) is 2.50. The minimum atomic E-state index is 0.0103. The maximum absolute atomic E-state index is 5.82. The van der Waals surface area contributed by atoms with Gasteiger partial charge in [-0.05, 0) is 43.7 Å². The van der Waals surface area contributed by atoms with Gasteiger partial charge in [-0.25, -0.2) is 0 Å². The summed E-state index contributed by atoms with van der Waals surface area (Å²) in [6.07, 6.45) is 5.29. The summed E-state index contributed by atoms with van der Waals surface area (Å²) >= 11 is 0. The third-order valence-electron chi connectivity index (χ3n) is 4.38. The van der Waals surface area contributed by atoms with Crippen molar-refractivity contribution < 1.29 is 9.16 Å². The monoisotopic (exact) mass is 306 g/mol. The molecule has 0 N–H and O–H groups in total. The van der Waals surface area contributed by atoms with Crippen molar-refractivity contribution >= 4 is 16.6 Å². The molecule has 1 rings (SSSR count). The predicted octanol–water partition coefficient (Wildman–Crippen LogP) is 3.73. The summed E-state index contributed by atoms with van der Waals surface area (Å²) in [7, 11) is 0.802. The number of hydrogen-bond acceptors (Lipinski definition) is 2.